The third-order valence-corrected chi connectivity index (χ3v) is 6.58. The number of unbranched alkanes of at least 4 members (excludes halogenated alkanes) is 2. The van der Waals surface area contributed by atoms with Gasteiger partial charge in [-0.2, -0.15) is 0 Å². The molecule has 28 heavy (non-hydrogen) atoms. The smallest absolute Gasteiger partial charge is 0.303 e. The van der Waals surface area contributed by atoms with Crippen LogP contribution in [0.15, 0.2) is 27.6 Å². The number of amides is 2. The van der Waals surface area contributed by atoms with E-state index in [2.05, 4.69) is 15.9 Å². The number of hydrogen-bond donors (Lipinski definition) is 1. The number of carbonyl (C=O) groups excluding carboxylic acids is 2. The summed E-state index contributed by atoms with van der Waals surface area (Å²) in [6.45, 7) is 2.84. The topological polar surface area (TPSA) is 77.9 Å². The minimum absolute atomic E-state index is 0.120. The number of carboxylic acids is 1. The zero-order chi connectivity index (χ0) is 20.4. The van der Waals surface area contributed by atoms with Crippen LogP contribution in [-0.4, -0.2) is 45.2 Å². The number of benzene rings is 1. The van der Waals surface area contributed by atoms with E-state index in [4.69, 9.17) is 17.3 Å². The van der Waals surface area contributed by atoms with Gasteiger partial charge in [-0.05, 0) is 38.0 Å². The fraction of sp³-hybridized carbons (Fsp3) is 0.368. The Bertz CT molecular complexity index is 900. The van der Waals surface area contributed by atoms with Crippen molar-refractivity contribution in [1.82, 2.24) is 4.90 Å². The van der Waals surface area contributed by atoms with Gasteiger partial charge in [-0.25, -0.2) is 0 Å². The summed E-state index contributed by atoms with van der Waals surface area (Å²) in [7, 11) is 0. The zero-order valence-corrected chi connectivity index (χ0v) is 18.5. The average molecular weight is 483 g/mol. The van der Waals surface area contributed by atoms with Crippen LogP contribution in [0, 0.1) is 0 Å². The highest BCUT2D eigenvalue weighted by atomic mass is 79.9. The molecule has 1 aromatic rings. The molecule has 1 aromatic carbocycles. The number of hydrogen-bond acceptors (Lipinski definition) is 5. The summed E-state index contributed by atoms with van der Waals surface area (Å²) >= 11 is 9.98. The summed E-state index contributed by atoms with van der Waals surface area (Å²) in [6.07, 6.45) is 2.05. The molecule has 148 valence electrons. The maximum atomic E-state index is 13.0. The second-order valence-electron chi connectivity index (χ2n) is 6.44. The number of nitrogens with zero attached hydrogens (tertiary/aromatic N) is 2. The van der Waals surface area contributed by atoms with E-state index in [1.54, 1.807) is 4.90 Å². The molecule has 6 nitrogen and oxygen atoms in total. The summed E-state index contributed by atoms with van der Waals surface area (Å²) in [5.74, 6) is -1.25. The van der Waals surface area contributed by atoms with Crippen LogP contribution in [0.4, 0.5) is 5.69 Å². The number of likely N-dealkylation sites (N-methyl/N-ethyl adjacent to an activating group) is 1. The third-order valence-electron chi connectivity index (χ3n) is 4.64. The Balaban J connectivity index is 1.84. The van der Waals surface area contributed by atoms with E-state index in [0.717, 1.165) is 27.5 Å². The van der Waals surface area contributed by atoms with Gasteiger partial charge in [0.2, 0.25) is 0 Å². The number of halogens is 1. The number of thioether (sulfide) groups is 1. The van der Waals surface area contributed by atoms with Crippen molar-refractivity contribution < 1.29 is 19.5 Å². The van der Waals surface area contributed by atoms with Crippen molar-refractivity contribution in [2.45, 2.75) is 32.6 Å². The summed E-state index contributed by atoms with van der Waals surface area (Å²) in [6, 6.07) is 5.60. The molecule has 9 heteroatoms. The minimum atomic E-state index is -0.819. The number of rotatable bonds is 7. The standard InChI is InChI=1S/C19H19BrN2O4S2/c1-2-21-13-8-7-11(20)10-12(13)15(17(21)25)16-18(26)22(19(27)28-16)9-5-3-4-6-14(23)24/h7-8,10H,2-6,9H2,1H3,(H,23,24)/b16-15-. The normalized spacial score (nSPS) is 19.0. The Morgan fingerprint density at radius 1 is 1.18 bits per heavy atom. The van der Waals surface area contributed by atoms with Crippen LogP contribution in [-0.2, 0) is 14.4 Å². The molecule has 0 aliphatic carbocycles. The molecule has 0 saturated carbocycles. The molecule has 0 radical (unpaired) electrons. The first-order chi connectivity index (χ1) is 13.3. The van der Waals surface area contributed by atoms with E-state index in [1.165, 1.54) is 4.90 Å². The van der Waals surface area contributed by atoms with Crippen LogP contribution in [0.2, 0.25) is 0 Å². The van der Waals surface area contributed by atoms with Crippen LogP contribution in [0.25, 0.3) is 5.57 Å². The number of carboxylic acid groups (broad SMARTS) is 1. The number of thiocarbonyl (C=S) groups is 1. The Morgan fingerprint density at radius 3 is 2.61 bits per heavy atom. The Morgan fingerprint density at radius 2 is 1.93 bits per heavy atom. The molecule has 0 spiro atoms. The molecule has 3 rings (SSSR count). The van der Waals surface area contributed by atoms with E-state index in [0.29, 0.717) is 47.2 Å². The monoisotopic (exact) mass is 482 g/mol. The lowest BCUT2D eigenvalue weighted by Crippen LogP contribution is -2.30. The molecule has 0 bridgehead atoms. The fourth-order valence-corrected chi connectivity index (χ4v) is 5.04. The summed E-state index contributed by atoms with van der Waals surface area (Å²) in [5, 5.41) is 8.70. The maximum absolute atomic E-state index is 13.0. The molecule has 0 atom stereocenters. The number of anilines is 1. The SMILES string of the molecule is CCN1C(=O)/C(=C2\SC(=S)N(CCCCCC(=O)O)C2=O)c2cc(Br)ccc21. The lowest BCUT2D eigenvalue weighted by molar-refractivity contribution is -0.137. The van der Waals surface area contributed by atoms with Crippen LogP contribution < -0.4 is 4.90 Å². The third kappa shape index (κ3) is 4.01. The van der Waals surface area contributed by atoms with Crippen molar-refractivity contribution in [3.63, 3.8) is 0 Å². The number of aliphatic carboxylic acids is 1. The highest BCUT2D eigenvalue weighted by Gasteiger charge is 2.41. The predicted molar refractivity (Wildman–Crippen MR) is 117 cm³/mol. The molecule has 2 amide bonds. The Labute approximate surface area is 181 Å². The van der Waals surface area contributed by atoms with Crippen molar-refractivity contribution in [3.05, 3.63) is 33.1 Å². The molecule has 2 aliphatic heterocycles. The first-order valence-electron chi connectivity index (χ1n) is 8.96. The van der Waals surface area contributed by atoms with Gasteiger partial charge >= 0.3 is 5.97 Å². The quantitative estimate of drug-likeness (QED) is 0.359. The van der Waals surface area contributed by atoms with E-state index in [9.17, 15) is 14.4 Å². The van der Waals surface area contributed by atoms with Crippen LogP contribution in [0.5, 0.6) is 0 Å². The minimum Gasteiger partial charge on any atom is -0.481 e. The van der Waals surface area contributed by atoms with E-state index >= 15 is 0 Å². The molecular weight excluding hydrogens is 464 g/mol. The molecule has 1 N–H and O–H groups in total. The first kappa shape index (κ1) is 21.0. The summed E-state index contributed by atoms with van der Waals surface area (Å²) in [4.78, 5) is 40.1. The summed E-state index contributed by atoms with van der Waals surface area (Å²) in [5.41, 5.74) is 1.94. The van der Waals surface area contributed by atoms with Crippen molar-refractivity contribution in [2.75, 3.05) is 18.0 Å². The number of fused-ring (bicyclic) bond motifs is 1. The van der Waals surface area contributed by atoms with Gasteiger partial charge in [0.15, 0.2) is 0 Å². The van der Waals surface area contributed by atoms with Gasteiger partial charge < -0.3 is 10.0 Å². The summed E-state index contributed by atoms with van der Waals surface area (Å²) < 4.78 is 1.27. The highest BCUT2D eigenvalue weighted by molar-refractivity contribution is 9.10. The van der Waals surface area contributed by atoms with E-state index < -0.39 is 5.97 Å². The van der Waals surface area contributed by atoms with Crippen molar-refractivity contribution in [3.8, 4) is 0 Å². The van der Waals surface area contributed by atoms with E-state index in [-0.39, 0.29) is 18.2 Å². The van der Waals surface area contributed by atoms with Gasteiger partial charge in [0.1, 0.15) is 4.32 Å². The van der Waals surface area contributed by atoms with Crippen LogP contribution in [0.3, 0.4) is 0 Å². The molecule has 1 saturated heterocycles. The van der Waals surface area contributed by atoms with Crippen molar-refractivity contribution >= 4 is 73.3 Å². The fourth-order valence-electron chi connectivity index (χ4n) is 3.30. The molecule has 0 unspecified atom stereocenters. The van der Waals surface area contributed by atoms with Crippen molar-refractivity contribution in [2.24, 2.45) is 0 Å². The highest BCUT2D eigenvalue weighted by Crippen LogP contribution is 2.45. The van der Waals surface area contributed by atoms with Gasteiger partial charge in [0.25, 0.3) is 11.8 Å². The largest absolute Gasteiger partial charge is 0.481 e. The second-order valence-corrected chi connectivity index (χ2v) is 9.00. The van der Waals surface area contributed by atoms with Crippen LogP contribution >= 0.6 is 39.9 Å². The van der Waals surface area contributed by atoms with Gasteiger partial charge in [0.05, 0.1) is 16.2 Å². The van der Waals surface area contributed by atoms with Gasteiger partial charge in [-0.3, -0.25) is 19.3 Å². The molecule has 2 aliphatic rings. The zero-order valence-electron chi connectivity index (χ0n) is 15.2. The van der Waals surface area contributed by atoms with Crippen LogP contribution in [0.1, 0.15) is 38.2 Å². The molecule has 1 fully saturated rings. The lowest BCUT2D eigenvalue weighted by Gasteiger charge is -2.14. The Hall–Kier alpha value is -1.71. The molecular formula is C19H19BrN2O4S2. The molecule has 2 heterocycles. The van der Waals surface area contributed by atoms with Gasteiger partial charge in [-0.1, -0.05) is 46.3 Å². The predicted octanol–water partition coefficient (Wildman–Crippen LogP) is 4.03. The average Bonchev–Trinajstić information content (AvgIpc) is 3.07. The lowest BCUT2D eigenvalue weighted by atomic mass is 10.1. The maximum Gasteiger partial charge on any atom is 0.303 e. The molecule has 0 aromatic heterocycles. The Kier molecular flexibility index (Phi) is 6.57. The van der Waals surface area contributed by atoms with E-state index in [1.807, 2.05) is 25.1 Å². The first-order valence-corrected chi connectivity index (χ1v) is 11.0. The van der Waals surface area contributed by atoms with Gasteiger partial charge in [0, 0.05) is 29.5 Å². The second kappa shape index (κ2) is 8.75. The number of carbonyl (C=O) groups is 3. The van der Waals surface area contributed by atoms with Crippen molar-refractivity contribution in [1.29, 1.82) is 0 Å². The van der Waals surface area contributed by atoms with Gasteiger partial charge in [-0.15, -0.1) is 0 Å².